The van der Waals surface area contributed by atoms with Gasteiger partial charge in [-0.3, -0.25) is 9.78 Å². The van der Waals surface area contributed by atoms with Crippen LogP contribution in [0.2, 0.25) is 0 Å². The van der Waals surface area contributed by atoms with E-state index >= 15 is 0 Å². The van der Waals surface area contributed by atoms with Crippen molar-refractivity contribution in [2.24, 2.45) is 0 Å². The summed E-state index contributed by atoms with van der Waals surface area (Å²) in [5.41, 5.74) is 0.448. The fraction of sp³-hybridized carbons (Fsp3) is 0.312. The molecular formula is C16H17FN4O. The third-order valence-corrected chi connectivity index (χ3v) is 3.81. The first kappa shape index (κ1) is 14.4. The second kappa shape index (κ2) is 6.51. The number of nitrogens with zero attached hydrogens (tertiary/aromatic N) is 4. The Morgan fingerprint density at radius 3 is 2.59 bits per heavy atom. The molecule has 1 aromatic heterocycles. The van der Waals surface area contributed by atoms with Gasteiger partial charge in [-0.05, 0) is 11.6 Å². The molecule has 0 saturated carbocycles. The molecule has 1 aromatic carbocycles. The first-order valence-corrected chi connectivity index (χ1v) is 7.26. The molecule has 6 heteroatoms. The van der Waals surface area contributed by atoms with E-state index in [9.17, 15) is 9.18 Å². The van der Waals surface area contributed by atoms with Crippen molar-refractivity contribution in [3.63, 3.8) is 0 Å². The normalized spacial score (nSPS) is 15.0. The molecular weight excluding hydrogens is 283 g/mol. The summed E-state index contributed by atoms with van der Waals surface area (Å²) in [4.78, 5) is 24.5. The number of benzene rings is 1. The molecule has 0 radical (unpaired) electrons. The van der Waals surface area contributed by atoms with Gasteiger partial charge in [0.1, 0.15) is 11.6 Å². The van der Waals surface area contributed by atoms with Crippen LogP contribution in [0.1, 0.15) is 5.56 Å². The van der Waals surface area contributed by atoms with Gasteiger partial charge in [0, 0.05) is 38.6 Å². The predicted octanol–water partition coefficient (Wildman–Crippen LogP) is 1.51. The van der Waals surface area contributed by atoms with Crippen LogP contribution in [0, 0.1) is 5.82 Å². The number of hydrogen-bond acceptors (Lipinski definition) is 4. The Bertz CT molecular complexity index is 642. The molecule has 2 heterocycles. The van der Waals surface area contributed by atoms with Crippen LogP contribution < -0.4 is 4.90 Å². The average Bonchev–Trinajstić information content (AvgIpc) is 2.58. The Labute approximate surface area is 128 Å². The highest BCUT2D eigenvalue weighted by Crippen LogP contribution is 2.13. The molecule has 0 N–H and O–H groups in total. The number of piperazine rings is 1. The fourth-order valence-corrected chi connectivity index (χ4v) is 2.56. The predicted molar refractivity (Wildman–Crippen MR) is 80.9 cm³/mol. The quantitative estimate of drug-likeness (QED) is 0.862. The van der Waals surface area contributed by atoms with E-state index in [2.05, 4.69) is 14.9 Å². The van der Waals surface area contributed by atoms with E-state index < -0.39 is 0 Å². The molecule has 1 fully saturated rings. The van der Waals surface area contributed by atoms with Crippen LogP contribution in [0.15, 0.2) is 42.9 Å². The van der Waals surface area contributed by atoms with Gasteiger partial charge in [0.05, 0.1) is 12.6 Å². The van der Waals surface area contributed by atoms with Crippen LogP contribution in [0.3, 0.4) is 0 Å². The smallest absolute Gasteiger partial charge is 0.227 e. The summed E-state index contributed by atoms with van der Waals surface area (Å²) in [6.45, 7) is 2.65. The number of amides is 1. The van der Waals surface area contributed by atoms with E-state index in [-0.39, 0.29) is 18.1 Å². The van der Waals surface area contributed by atoms with Crippen LogP contribution in [-0.2, 0) is 11.2 Å². The van der Waals surface area contributed by atoms with E-state index in [0.29, 0.717) is 31.7 Å². The molecule has 0 aliphatic carbocycles. The zero-order valence-electron chi connectivity index (χ0n) is 12.2. The Morgan fingerprint density at radius 2 is 1.91 bits per heavy atom. The molecule has 0 spiro atoms. The molecule has 114 valence electrons. The monoisotopic (exact) mass is 300 g/mol. The van der Waals surface area contributed by atoms with Crippen LogP contribution in [0.4, 0.5) is 10.2 Å². The molecule has 1 aliphatic heterocycles. The Hall–Kier alpha value is -2.50. The Balaban J connectivity index is 1.57. The van der Waals surface area contributed by atoms with Gasteiger partial charge in [0.25, 0.3) is 0 Å². The molecule has 22 heavy (non-hydrogen) atoms. The SMILES string of the molecule is O=C(Cc1ccccc1F)N1CCN(c2cnccn2)CC1. The van der Waals surface area contributed by atoms with E-state index in [1.807, 2.05) is 0 Å². The van der Waals surface area contributed by atoms with Crippen molar-refractivity contribution in [2.75, 3.05) is 31.1 Å². The van der Waals surface area contributed by atoms with Gasteiger partial charge in [-0.1, -0.05) is 18.2 Å². The van der Waals surface area contributed by atoms with E-state index in [4.69, 9.17) is 0 Å². The zero-order valence-corrected chi connectivity index (χ0v) is 12.2. The summed E-state index contributed by atoms with van der Waals surface area (Å²) >= 11 is 0. The minimum absolute atomic E-state index is 0.0381. The Kier molecular flexibility index (Phi) is 4.27. The molecule has 1 amide bonds. The lowest BCUT2D eigenvalue weighted by Crippen LogP contribution is -2.49. The van der Waals surface area contributed by atoms with Gasteiger partial charge in [-0.15, -0.1) is 0 Å². The maximum absolute atomic E-state index is 13.6. The van der Waals surface area contributed by atoms with Gasteiger partial charge in [0.2, 0.25) is 5.91 Å². The highest BCUT2D eigenvalue weighted by atomic mass is 19.1. The minimum Gasteiger partial charge on any atom is -0.352 e. The van der Waals surface area contributed by atoms with E-state index in [1.165, 1.54) is 6.07 Å². The van der Waals surface area contributed by atoms with Crippen molar-refractivity contribution in [2.45, 2.75) is 6.42 Å². The highest BCUT2D eigenvalue weighted by Gasteiger charge is 2.22. The van der Waals surface area contributed by atoms with Crippen LogP contribution in [0.5, 0.6) is 0 Å². The maximum Gasteiger partial charge on any atom is 0.227 e. The van der Waals surface area contributed by atoms with E-state index in [0.717, 1.165) is 5.82 Å². The summed E-state index contributed by atoms with van der Waals surface area (Å²) in [7, 11) is 0. The van der Waals surface area contributed by atoms with Gasteiger partial charge < -0.3 is 9.80 Å². The molecule has 1 saturated heterocycles. The highest BCUT2D eigenvalue weighted by molar-refractivity contribution is 5.79. The van der Waals surface area contributed by atoms with Crippen LogP contribution in [0.25, 0.3) is 0 Å². The topological polar surface area (TPSA) is 49.3 Å². The van der Waals surface area contributed by atoms with Gasteiger partial charge in [-0.25, -0.2) is 9.37 Å². The van der Waals surface area contributed by atoms with Crippen molar-refractivity contribution in [1.82, 2.24) is 14.9 Å². The number of hydrogen-bond donors (Lipinski definition) is 0. The fourth-order valence-electron chi connectivity index (χ4n) is 2.56. The van der Waals surface area contributed by atoms with Gasteiger partial charge in [-0.2, -0.15) is 0 Å². The second-order valence-corrected chi connectivity index (χ2v) is 5.20. The lowest BCUT2D eigenvalue weighted by Gasteiger charge is -2.35. The van der Waals surface area contributed by atoms with Crippen LogP contribution in [-0.4, -0.2) is 47.0 Å². The molecule has 3 rings (SSSR count). The molecule has 2 aromatic rings. The molecule has 5 nitrogen and oxygen atoms in total. The average molecular weight is 300 g/mol. The summed E-state index contributed by atoms with van der Waals surface area (Å²) in [6, 6.07) is 6.42. The molecule has 0 atom stereocenters. The molecule has 0 bridgehead atoms. The van der Waals surface area contributed by atoms with Gasteiger partial charge in [0.15, 0.2) is 0 Å². The first-order chi connectivity index (χ1) is 10.7. The number of rotatable bonds is 3. The standard InChI is InChI=1S/C16H17FN4O/c17-14-4-2-1-3-13(14)11-16(22)21-9-7-20(8-10-21)15-12-18-5-6-19-15/h1-6,12H,7-11H2. The Morgan fingerprint density at radius 1 is 1.14 bits per heavy atom. The van der Waals surface area contributed by atoms with Crippen molar-refractivity contribution >= 4 is 11.7 Å². The maximum atomic E-state index is 13.6. The number of halogens is 1. The summed E-state index contributed by atoms with van der Waals surface area (Å²) < 4.78 is 13.6. The number of aromatic nitrogens is 2. The third kappa shape index (κ3) is 3.21. The lowest BCUT2D eigenvalue weighted by molar-refractivity contribution is -0.130. The summed E-state index contributed by atoms with van der Waals surface area (Å²) in [5, 5.41) is 0. The largest absolute Gasteiger partial charge is 0.352 e. The van der Waals surface area contributed by atoms with Crippen LogP contribution >= 0.6 is 0 Å². The second-order valence-electron chi connectivity index (χ2n) is 5.20. The first-order valence-electron chi connectivity index (χ1n) is 7.26. The zero-order chi connectivity index (χ0) is 15.4. The summed E-state index contributed by atoms with van der Waals surface area (Å²) in [6.07, 6.45) is 5.12. The molecule has 1 aliphatic rings. The summed E-state index contributed by atoms with van der Waals surface area (Å²) in [5.74, 6) is 0.460. The number of anilines is 1. The van der Waals surface area contributed by atoms with Crippen molar-refractivity contribution < 1.29 is 9.18 Å². The van der Waals surface area contributed by atoms with Gasteiger partial charge >= 0.3 is 0 Å². The molecule has 0 unspecified atom stereocenters. The minimum atomic E-state index is -0.325. The van der Waals surface area contributed by atoms with E-state index in [1.54, 1.807) is 41.7 Å². The van der Waals surface area contributed by atoms with Crippen molar-refractivity contribution in [3.8, 4) is 0 Å². The van der Waals surface area contributed by atoms with Crippen molar-refractivity contribution in [3.05, 3.63) is 54.2 Å². The number of carbonyl (C=O) groups excluding carboxylic acids is 1. The van der Waals surface area contributed by atoms with Crippen molar-refractivity contribution in [1.29, 1.82) is 0 Å². The number of carbonyl (C=O) groups is 1. The third-order valence-electron chi connectivity index (χ3n) is 3.81. The lowest BCUT2D eigenvalue weighted by atomic mass is 10.1.